The second-order valence-electron chi connectivity index (χ2n) is 5.54. The Hall–Kier alpha value is -2.62. The topological polar surface area (TPSA) is 85.6 Å². The zero-order valence-corrected chi connectivity index (χ0v) is 16.3. The van der Waals surface area contributed by atoms with Gasteiger partial charge in [0.05, 0.1) is 17.7 Å². The molecular weight excluding hydrogens is 408 g/mol. The van der Waals surface area contributed by atoms with Crippen molar-refractivity contribution in [1.82, 2.24) is 14.6 Å². The van der Waals surface area contributed by atoms with E-state index in [9.17, 15) is 8.42 Å². The van der Waals surface area contributed by atoms with Crippen LogP contribution in [0.1, 0.15) is 0 Å². The molecule has 0 saturated carbocycles. The zero-order valence-electron chi connectivity index (χ0n) is 14.0. The molecule has 4 aromatic rings. The minimum atomic E-state index is -3.80. The van der Waals surface area contributed by atoms with Gasteiger partial charge in [0.25, 0.3) is 16.0 Å². The monoisotopic (exact) mass is 420 g/mol. The number of nitrogens with zero attached hydrogens (tertiary/aromatic N) is 3. The van der Waals surface area contributed by atoms with Gasteiger partial charge in [0.2, 0.25) is 4.96 Å². The van der Waals surface area contributed by atoms with Crippen molar-refractivity contribution in [1.29, 1.82) is 0 Å². The van der Waals surface area contributed by atoms with Gasteiger partial charge in [-0.1, -0.05) is 11.6 Å². The average molecular weight is 421 g/mol. The van der Waals surface area contributed by atoms with Crippen molar-refractivity contribution in [3.63, 3.8) is 0 Å². The van der Waals surface area contributed by atoms with Crippen LogP contribution in [0.4, 0.5) is 5.95 Å². The van der Waals surface area contributed by atoms with Crippen LogP contribution in [0.3, 0.4) is 0 Å². The fraction of sp³-hybridized carbons (Fsp3) is 0.0588. The number of thiazole rings is 1. The number of sulfonamides is 1. The maximum absolute atomic E-state index is 12.5. The van der Waals surface area contributed by atoms with E-state index in [1.54, 1.807) is 11.6 Å². The number of nitrogens with one attached hydrogen (secondary N) is 1. The Kier molecular flexibility index (Phi) is 4.50. The lowest BCUT2D eigenvalue weighted by atomic mass is 10.2. The lowest BCUT2D eigenvalue weighted by Gasteiger charge is -2.04. The summed E-state index contributed by atoms with van der Waals surface area (Å²) in [5.74, 6) is 0.756. The number of rotatable bonds is 5. The summed E-state index contributed by atoms with van der Waals surface area (Å²) in [5, 5.41) is 6.66. The Morgan fingerprint density at radius 3 is 2.48 bits per heavy atom. The zero-order chi connectivity index (χ0) is 19.0. The van der Waals surface area contributed by atoms with Gasteiger partial charge in [-0.15, -0.1) is 16.4 Å². The molecule has 27 heavy (non-hydrogen) atoms. The van der Waals surface area contributed by atoms with Gasteiger partial charge in [-0.3, -0.25) is 0 Å². The van der Waals surface area contributed by atoms with Crippen LogP contribution >= 0.6 is 22.9 Å². The maximum Gasteiger partial charge on any atom is 0.264 e. The summed E-state index contributed by atoms with van der Waals surface area (Å²) >= 11 is 7.17. The predicted molar refractivity (Wildman–Crippen MR) is 105 cm³/mol. The minimum Gasteiger partial charge on any atom is -0.497 e. The molecule has 4 rings (SSSR count). The molecule has 0 amide bonds. The summed E-state index contributed by atoms with van der Waals surface area (Å²) in [6.45, 7) is 0. The van der Waals surface area contributed by atoms with Crippen molar-refractivity contribution in [2.24, 2.45) is 0 Å². The molecule has 0 radical (unpaired) electrons. The highest BCUT2D eigenvalue weighted by Crippen LogP contribution is 2.28. The van der Waals surface area contributed by atoms with E-state index in [4.69, 9.17) is 16.3 Å². The van der Waals surface area contributed by atoms with Crippen LogP contribution < -0.4 is 9.46 Å². The summed E-state index contributed by atoms with van der Waals surface area (Å²) in [6.07, 6.45) is 0. The van der Waals surface area contributed by atoms with Gasteiger partial charge in [0.1, 0.15) is 5.75 Å². The molecule has 138 valence electrons. The second kappa shape index (κ2) is 6.84. The van der Waals surface area contributed by atoms with Crippen LogP contribution in [-0.2, 0) is 10.0 Å². The molecule has 0 atom stereocenters. The molecule has 0 fully saturated rings. The number of benzene rings is 2. The van der Waals surface area contributed by atoms with Gasteiger partial charge in [0, 0.05) is 16.0 Å². The van der Waals surface area contributed by atoms with Gasteiger partial charge in [-0.25, -0.2) is 17.7 Å². The predicted octanol–water partition coefficient (Wildman–Crippen LogP) is 3.92. The summed E-state index contributed by atoms with van der Waals surface area (Å²) in [4.78, 5) is 4.91. The number of halogens is 1. The smallest absolute Gasteiger partial charge is 0.264 e. The first-order chi connectivity index (χ1) is 13.0. The van der Waals surface area contributed by atoms with Crippen LogP contribution in [0.15, 0.2) is 58.8 Å². The van der Waals surface area contributed by atoms with Crippen molar-refractivity contribution < 1.29 is 13.2 Å². The molecule has 2 aromatic heterocycles. The quantitative estimate of drug-likeness (QED) is 0.528. The third kappa shape index (κ3) is 3.48. The highest BCUT2D eigenvalue weighted by Gasteiger charge is 2.18. The van der Waals surface area contributed by atoms with E-state index in [0.717, 1.165) is 17.0 Å². The number of anilines is 1. The minimum absolute atomic E-state index is 0.00608. The van der Waals surface area contributed by atoms with Crippen molar-refractivity contribution >= 4 is 43.9 Å². The third-order valence-corrected chi connectivity index (χ3v) is 6.23. The lowest BCUT2D eigenvalue weighted by molar-refractivity contribution is 0.415. The summed E-state index contributed by atoms with van der Waals surface area (Å²) < 4.78 is 34.1. The van der Waals surface area contributed by atoms with Gasteiger partial charge >= 0.3 is 0 Å². The summed E-state index contributed by atoms with van der Waals surface area (Å²) in [7, 11) is -2.20. The fourth-order valence-corrected chi connectivity index (χ4v) is 4.37. The number of hydrogen-bond acceptors (Lipinski definition) is 6. The van der Waals surface area contributed by atoms with Crippen molar-refractivity contribution in [2.45, 2.75) is 4.90 Å². The third-order valence-electron chi connectivity index (χ3n) is 3.82. The largest absolute Gasteiger partial charge is 0.497 e. The summed E-state index contributed by atoms with van der Waals surface area (Å²) in [5.41, 5.74) is 1.72. The van der Waals surface area contributed by atoms with Crippen molar-refractivity contribution in [2.75, 3.05) is 11.8 Å². The molecule has 7 nitrogen and oxygen atoms in total. The Morgan fingerprint density at radius 2 is 1.81 bits per heavy atom. The van der Waals surface area contributed by atoms with E-state index in [1.807, 2.05) is 29.6 Å². The maximum atomic E-state index is 12.5. The Balaban J connectivity index is 1.66. The van der Waals surface area contributed by atoms with Gasteiger partial charge in [-0.2, -0.15) is 4.98 Å². The average Bonchev–Trinajstić information content (AvgIpc) is 3.22. The molecular formula is C17H13ClN4O3S2. The molecule has 0 saturated heterocycles. The Bertz CT molecular complexity index is 1200. The van der Waals surface area contributed by atoms with Crippen LogP contribution in [0.25, 0.3) is 16.2 Å². The first kappa shape index (κ1) is 17.8. The Labute approximate surface area is 164 Å². The molecule has 0 aliphatic carbocycles. The number of aromatic nitrogens is 3. The van der Waals surface area contributed by atoms with E-state index < -0.39 is 10.0 Å². The highest BCUT2D eigenvalue weighted by molar-refractivity contribution is 7.92. The summed E-state index contributed by atoms with van der Waals surface area (Å²) in [6, 6.07) is 13.4. The van der Waals surface area contributed by atoms with Crippen LogP contribution in [0, 0.1) is 0 Å². The van der Waals surface area contributed by atoms with Crippen LogP contribution in [0.5, 0.6) is 5.75 Å². The van der Waals surface area contributed by atoms with Gasteiger partial charge < -0.3 is 4.74 Å². The number of ether oxygens (including phenoxy) is 1. The molecule has 2 heterocycles. The van der Waals surface area contributed by atoms with Gasteiger partial charge in [-0.05, 0) is 48.5 Å². The molecule has 2 aromatic carbocycles. The van der Waals surface area contributed by atoms with Crippen LogP contribution in [0.2, 0.25) is 5.02 Å². The van der Waals surface area contributed by atoms with Crippen LogP contribution in [-0.4, -0.2) is 30.1 Å². The number of fused-ring (bicyclic) bond motifs is 1. The normalized spacial score (nSPS) is 11.6. The van der Waals surface area contributed by atoms with Crippen molar-refractivity contribution in [3.05, 3.63) is 58.9 Å². The second-order valence-corrected chi connectivity index (χ2v) is 8.49. The lowest BCUT2D eigenvalue weighted by Crippen LogP contribution is -2.14. The first-order valence-electron chi connectivity index (χ1n) is 7.73. The molecule has 10 heteroatoms. The molecule has 0 unspecified atom stereocenters. The standard InChI is InChI=1S/C17H13ClN4O3S2/c1-25-13-6-2-11(3-7-13)15-10-26-17-19-16(20-22(15)17)21-27(23,24)14-8-4-12(18)5-9-14/h2-10H,1H3,(H,20,21). The highest BCUT2D eigenvalue weighted by atomic mass is 35.5. The van der Waals surface area contributed by atoms with Crippen molar-refractivity contribution in [3.8, 4) is 17.0 Å². The number of methoxy groups -OCH3 is 1. The molecule has 0 bridgehead atoms. The number of hydrogen-bond donors (Lipinski definition) is 1. The van der Waals surface area contributed by atoms with E-state index in [1.165, 1.54) is 35.6 Å². The molecule has 1 N–H and O–H groups in total. The molecule has 0 aliphatic heterocycles. The Morgan fingerprint density at radius 1 is 1.11 bits per heavy atom. The SMILES string of the molecule is COc1ccc(-c2csc3nc(NS(=O)(=O)c4ccc(Cl)cc4)nn23)cc1. The van der Waals surface area contributed by atoms with Gasteiger partial charge in [0.15, 0.2) is 0 Å². The fourth-order valence-electron chi connectivity index (χ4n) is 2.48. The van der Waals surface area contributed by atoms with E-state index in [0.29, 0.717) is 9.98 Å². The van der Waals surface area contributed by atoms with E-state index in [2.05, 4.69) is 14.8 Å². The molecule has 0 aliphatic rings. The van der Waals surface area contributed by atoms with E-state index in [-0.39, 0.29) is 10.8 Å². The molecule has 0 spiro atoms. The van der Waals surface area contributed by atoms with E-state index >= 15 is 0 Å². The first-order valence-corrected chi connectivity index (χ1v) is 10.5.